The average Bonchev–Trinajstić information content (AvgIpc) is 2.72. The number of nitrogens with one attached hydrogen (secondary N) is 1. The predicted molar refractivity (Wildman–Crippen MR) is 72.9 cm³/mol. The Kier molecular flexibility index (Phi) is 3.46. The van der Waals surface area contributed by atoms with E-state index in [2.05, 4.69) is 10.5 Å². The first-order chi connectivity index (χ1) is 9.04. The lowest BCUT2D eigenvalue weighted by molar-refractivity contribution is -0.110. The van der Waals surface area contributed by atoms with Crippen molar-refractivity contribution in [1.29, 1.82) is 0 Å². The van der Waals surface area contributed by atoms with Gasteiger partial charge in [-0.05, 0) is 18.2 Å². The molecule has 1 aliphatic rings. The van der Waals surface area contributed by atoms with Crippen LogP contribution in [0, 0.1) is 5.41 Å². The predicted octanol–water partition coefficient (Wildman–Crippen LogP) is 1.60. The molecule has 0 fully saturated rings. The van der Waals surface area contributed by atoms with E-state index in [9.17, 15) is 4.79 Å². The van der Waals surface area contributed by atoms with Crippen molar-refractivity contribution in [3.05, 3.63) is 23.8 Å². The SMILES string of the molecule is COc1ccc(C2=NNC(C=O)C2(C)C)cc1OC. The number of aldehydes is 1. The second-order valence-electron chi connectivity index (χ2n) is 4.99. The summed E-state index contributed by atoms with van der Waals surface area (Å²) >= 11 is 0. The minimum atomic E-state index is -0.360. The molecule has 1 aromatic carbocycles. The molecular formula is C14H18N2O3. The summed E-state index contributed by atoms with van der Waals surface area (Å²) in [6.45, 7) is 3.98. The van der Waals surface area contributed by atoms with Gasteiger partial charge in [0.25, 0.3) is 0 Å². The largest absolute Gasteiger partial charge is 0.493 e. The standard InChI is InChI=1S/C14H18N2O3/c1-14(2)12(8-17)15-16-13(14)9-5-6-10(18-3)11(7-9)19-4/h5-8,12,15H,1-4H3. The molecule has 5 nitrogen and oxygen atoms in total. The summed E-state index contributed by atoms with van der Waals surface area (Å²) in [6, 6.07) is 5.31. The van der Waals surface area contributed by atoms with Crippen LogP contribution in [0.2, 0.25) is 0 Å². The minimum absolute atomic E-state index is 0.310. The first-order valence-electron chi connectivity index (χ1n) is 6.06. The number of hydrogen-bond acceptors (Lipinski definition) is 5. The molecule has 0 saturated heterocycles. The van der Waals surface area contributed by atoms with E-state index in [0.29, 0.717) is 11.5 Å². The quantitative estimate of drug-likeness (QED) is 0.837. The highest BCUT2D eigenvalue weighted by atomic mass is 16.5. The van der Waals surface area contributed by atoms with E-state index in [4.69, 9.17) is 9.47 Å². The number of carbonyl (C=O) groups excluding carboxylic acids is 1. The van der Waals surface area contributed by atoms with Gasteiger partial charge in [-0.25, -0.2) is 0 Å². The number of ether oxygens (including phenoxy) is 2. The molecule has 0 spiro atoms. The van der Waals surface area contributed by atoms with Crippen LogP contribution in [0.5, 0.6) is 11.5 Å². The first-order valence-corrected chi connectivity index (χ1v) is 6.06. The van der Waals surface area contributed by atoms with E-state index in [1.54, 1.807) is 14.2 Å². The van der Waals surface area contributed by atoms with Gasteiger partial charge in [0.15, 0.2) is 11.5 Å². The van der Waals surface area contributed by atoms with Crippen molar-refractivity contribution in [3.63, 3.8) is 0 Å². The Morgan fingerprint density at radius 3 is 2.47 bits per heavy atom. The van der Waals surface area contributed by atoms with E-state index < -0.39 is 0 Å². The summed E-state index contributed by atoms with van der Waals surface area (Å²) in [5.74, 6) is 1.32. The van der Waals surface area contributed by atoms with E-state index in [1.165, 1.54) is 0 Å². The molecule has 1 N–H and O–H groups in total. The van der Waals surface area contributed by atoms with Crippen molar-refractivity contribution in [3.8, 4) is 11.5 Å². The van der Waals surface area contributed by atoms with Gasteiger partial charge in [-0.2, -0.15) is 5.10 Å². The summed E-state index contributed by atoms with van der Waals surface area (Å²) in [5, 5.41) is 4.28. The van der Waals surface area contributed by atoms with Crippen LogP contribution in [0.3, 0.4) is 0 Å². The molecule has 0 saturated carbocycles. The summed E-state index contributed by atoms with van der Waals surface area (Å²) in [6.07, 6.45) is 0.886. The Hall–Kier alpha value is -2.04. The minimum Gasteiger partial charge on any atom is -0.493 e. The van der Waals surface area contributed by atoms with Crippen molar-refractivity contribution in [2.75, 3.05) is 14.2 Å². The highest BCUT2D eigenvalue weighted by Gasteiger charge is 2.40. The maximum atomic E-state index is 11.0. The van der Waals surface area contributed by atoms with E-state index in [1.807, 2.05) is 32.0 Å². The number of carbonyl (C=O) groups is 1. The van der Waals surface area contributed by atoms with Gasteiger partial charge in [0, 0.05) is 11.0 Å². The second kappa shape index (κ2) is 4.91. The lowest BCUT2D eigenvalue weighted by atomic mass is 9.79. The van der Waals surface area contributed by atoms with Gasteiger partial charge in [-0.3, -0.25) is 5.43 Å². The molecule has 0 aromatic heterocycles. The first kappa shape index (κ1) is 13.4. The summed E-state index contributed by atoms with van der Waals surface area (Å²) in [4.78, 5) is 11.0. The van der Waals surface area contributed by atoms with Crippen LogP contribution in [0.4, 0.5) is 0 Å². The van der Waals surface area contributed by atoms with Gasteiger partial charge in [-0.1, -0.05) is 13.8 Å². The van der Waals surface area contributed by atoms with Crippen molar-refractivity contribution in [2.45, 2.75) is 19.9 Å². The maximum absolute atomic E-state index is 11.0. The summed E-state index contributed by atoms with van der Waals surface area (Å²) in [5.41, 5.74) is 4.25. The lowest BCUT2D eigenvalue weighted by Gasteiger charge is -2.24. The van der Waals surface area contributed by atoms with Crippen LogP contribution >= 0.6 is 0 Å². The Morgan fingerprint density at radius 1 is 1.26 bits per heavy atom. The molecule has 102 valence electrons. The molecule has 19 heavy (non-hydrogen) atoms. The summed E-state index contributed by atoms with van der Waals surface area (Å²) in [7, 11) is 3.19. The van der Waals surface area contributed by atoms with Crippen molar-refractivity contribution >= 4 is 12.0 Å². The van der Waals surface area contributed by atoms with Crippen LogP contribution in [-0.2, 0) is 4.79 Å². The number of hydrogen-bond donors (Lipinski definition) is 1. The highest BCUT2D eigenvalue weighted by molar-refractivity contribution is 6.07. The second-order valence-corrected chi connectivity index (χ2v) is 4.99. The topological polar surface area (TPSA) is 59.9 Å². The van der Waals surface area contributed by atoms with Crippen molar-refractivity contribution in [1.82, 2.24) is 5.43 Å². The Morgan fingerprint density at radius 2 is 1.95 bits per heavy atom. The summed E-state index contributed by atoms with van der Waals surface area (Å²) < 4.78 is 10.5. The molecule has 1 atom stereocenters. The molecule has 1 heterocycles. The molecule has 1 aromatic rings. The maximum Gasteiger partial charge on any atom is 0.161 e. The molecular weight excluding hydrogens is 244 g/mol. The molecule has 1 unspecified atom stereocenters. The monoisotopic (exact) mass is 262 g/mol. The molecule has 5 heteroatoms. The highest BCUT2D eigenvalue weighted by Crippen LogP contribution is 2.34. The van der Waals surface area contributed by atoms with Crippen LogP contribution in [-0.4, -0.2) is 32.3 Å². The fraction of sp³-hybridized carbons (Fsp3) is 0.429. The molecule has 0 bridgehead atoms. The average molecular weight is 262 g/mol. The van der Waals surface area contributed by atoms with Gasteiger partial charge in [0.2, 0.25) is 0 Å². The van der Waals surface area contributed by atoms with Gasteiger partial charge >= 0.3 is 0 Å². The third-order valence-corrected chi connectivity index (χ3v) is 3.50. The third kappa shape index (κ3) is 2.16. The zero-order chi connectivity index (χ0) is 14.0. The molecule has 0 amide bonds. The van der Waals surface area contributed by atoms with Gasteiger partial charge in [0.05, 0.1) is 19.9 Å². The van der Waals surface area contributed by atoms with E-state index in [0.717, 1.165) is 17.6 Å². The van der Waals surface area contributed by atoms with Crippen LogP contribution < -0.4 is 14.9 Å². The number of benzene rings is 1. The van der Waals surface area contributed by atoms with Crippen LogP contribution in [0.15, 0.2) is 23.3 Å². The molecule has 0 radical (unpaired) electrons. The normalized spacial score (nSPS) is 20.4. The van der Waals surface area contributed by atoms with Crippen LogP contribution in [0.25, 0.3) is 0 Å². The number of methoxy groups -OCH3 is 2. The van der Waals surface area contributed by atoms with E-state index >= 15 is 0 Å². The van der Waals surface area contributed by atoms with Gasteiger partial charge < -0.3 is 14.3 Å². The fourth-order valence-corrected chi connectivity index (χ4v) is 2.21. The Labute approximate surface area is 112 Å². The molecule has 2 rings (SSSR count). The zero-order valence-electron chi connectivity index (χ0n) is 11.6. The number of rotatable bonds is 4. The van der Waals surface area contributed by atoms with E-state index in [-0.39, 0.29) is 11.5 Å². The van der Waals surface area contributed by atoms with Gasteiger partial charge in [0.1, 0.15) is 12.3 Å². The molecule has 0 aliphatic carbocycles. The van der Waals surface area contributed by atoms with Crippen LogP contribution in [0.1, 0.15) is 19.4 Å². The third-order valence-electron chi connectivity index (χ3n) is 3.50. The zero-order valence-corrected chi connectivity index (χ0v) is 11.6. The fourth-order valence-electron chi connectivity index (χ4n) is 2.21. The number of hydrazone groups is 1. The van der Waals surface area contributed by atoms with Crippen molar-refractivity contribution in [2.24, 2.45) is 10.5 Å². The Balaban J connectivity index is 2.41. The number of nitrogens with zero attached hydrogens (tertiary/aromatic N) is 1. The Bertz CT molecular complexity index is 523. The van der Waals surface area contributed by atoms with Crippen molar-refractivity contribution < 1.29 is 14.3 Å². The lowest BCUT2D eigenvalue weighted by Crippen LogP contribution is -2.38. The molecule has 1 aliphatic heterocycles. The van der Waals surface area contributed by atoms with Gasteiger partial charge in [-0.15, -0.1) is 0 Å². The smallest absolute Gasteiger partial charge is 0.161 e.